The van der Waals surface area contributed by atoms with Gasteiger partial charge in [0, 0.05) is 36.3 Å². The van der Waals surface area contributed by atoms with Crippen molar-refractivity contribution in [2.75, 3.05) is 25.0 Å². The molecule has 1 aliphatic rings. The monoisotopic (exact) mass is 279 g/mol. The van der Waals surface area contributed by atoms with E-state index in [1.165, 1.54) is 0 Å². The van der Waals surface area contributed by atoms with Crippen LogP contribution < -0.4 is 5.32 Å². The number of thioether (sulfide) groups is 1. The molecule has 5 heteroatoms. The Balaban J connectivity index is 2.06. The molecule has 1 aromatic heterocycles. The molecule has 4 nitrogen and oxygen atoms in total. The van der Waals surface area contributed by atoms with Gasteiger partial charge in [0.1, 0.15) is 5.82 Å². The van der Waals surface area contributed by atoms with Crippen LogP contribution in [0.25, 0.3) is 0 Å². The van der Waals surface area contributed by atoms with E-state index in [1.807, 2.05) is 35.7 Å². The zero-order valence-corrected chi connectivity index (χ0v) is 12.5. The zero-order valence-electron chi connectivity index (χ0n) is 11.7. The van der Waals surface area contributed by atoms with Gasteiger partial charge in [0.15, 0.2) is 0 Å². The molecule has 1 aromatic rings. The summed E-state index contributed by atoms with van der Waals surface area (Å²) in [4.78, 5) is 18.6. The second-order valence-electron chi connectivity index (χ2n) is 4.93. The number of carbonyl (C=O) groups excluding carboxylic acids is 1. The fourth-order valence-electron chi connectivity index (χ4n) is 2.33. The lowest BCUT2D eigenvalue weighted by Crippen LogP contribution is -2.44. The summed E-state index contributed by atoms with van der Waals surface area (Å²) >= 11 is 1.95. The molecule has 0 radical (unpaired) electrons. The average Bonchev–Trinajstić information content (AvgIpc) is 2.38. The van der Waals surface area contributed by atoms with Gasteiger partial charge in [-0.15, -0.1) is 0 Å². The highest BCUT2D eigenvalue weighted by Gasteiger charge is 2.26. The lowest BCUT2D eigenvalue weighted by molar-refractivity contribution is 0.0753. The van der Waals surface area contributed by atoms with Gasteiger partial charge in [-0.05, 0) is 19.1 Å². The van der Waals surface area contributed by atoms with Gasteiger partial charge in [0.2, 0.25) is 0 Å². The minimum atomic E-state index is 0.0922. The van der Waals surface area contributed by atoms with Crippen LogP contribution >= 0.6 is 11.8 Å². The Bertz CT molecular complexity index is 425. The normalized spacial score (nSPS) is 23.2. The molecule has 0 aromatic carbocycles. The molecular formula is C14H21N3OS. The van der Waals surface area contributed by atoms with Crippen molar-refractivity contribution in [2.45, 2.75) is 31.3 Å². The zero-order chi connectivity index (χ0) is 13.8. The van der Waals surface area contributed by atoms with E-state index in [4.69, 9.17) is 0 Å². The van der Waals surface area contributed by atoms with E-state index in [2.05, 4.69) is 24.1 Å². The summed E-state index contributed by atoms with van der Waals surface area (Å²) in [5, 5.41) is 4.13. The molecule has 0 saturated carbocycles. The number of anilines is 1. The molecule has 0 bridgehead atoms. The maximum Gasteiger partial charge on any atom is 0.255 e. The number of amides is 1. The maximum absolute atomic E-state index is 12.4. The van der Waals surface area contributed by atoms with Crippen molar-refractivity contribution >= 4 is 23.5 Å². The summed E-state index contributed by atoms with van der Waals surface area (Å²) in [6.45, 7) is 8.85. The van der Waals surface area contributed by atoms with Crippen LogP contribution in [0.4, 0.5) is 5.82 Å². The van der Waals surface area contributed by atoms with E-state index in [0.29, 0.717) is 16.1 Å². The van der Waals surface area contributed by atoms with Crippen molar-refractivity contribution in [1.82, 2.24) is 9.88 Å². The summed E-state index contributed by atoms with van der Waals surface area (Å²) in [6.07, 6.45) is 1.66. The largest absolute Gasteiger partial charge is 0.370 e. The van der Waals surface area contributed by atoms with Crippen molar-refractivity contribution in [3.05, 3.63) is 23.9 Å². The highest BCUT2D eigenvalue weighted by atomic mass is 32.2. The molecule has 19 heavy (non-hydrogen) atoms. The Morgan fingerprint density at radius 3 is 2.63 bits per heavy atom. The molecule has 1 aliphatic heterocycles. The van der Waals surface area contributed by atoms with Crippen LogP contribution in [-0.2, 0) is 0 Å². The average molecular weight is 279 g/mol. The first-order valence-corrected chi connectivity index (χ1v) is 7.69. The first-order chi connectivity index (χ1) is 9.10. The number of pyridine rings is 1. The van der Waals surface area contributed by atoms with Crippen molar-refractivity contribution < 1.29 is 4.79 Å². The number of hydrogen-bond donors (Lipinski definition) is 1. The second kappa shape index (κ2) is 6.28. The van der Waals surface area contributed by atoms with Gasteiger partial charge in [-0.2, -0.15) is 11.8 Å². The number of aromatic nitrogens is 1. The second-order valence-corrected chi connectivity index (χ2v) is 6.81. The number of nitrogens with one attached hydrogen (secondary N) is 1. The highest BCUT2D eigenvalue weighted by Crippen LogP contribution is 2.25. The molecule has 0 aliphatic carbocycles. The summed E-state index contributed by atoms with van der Waals surface area (Å²) in [7, 11) is 0. The maximum atomic E-state index is 12.4. The van der Waals surface area contributed by atoms with Gasteiger partial charge in [0.25, 0.3) is 5.91 Å². The lowest BCUT2D eigenvalue weighted by Gasteiger charge is -2.34. The molecule has 2 unspecified atom stereocenters. The van der Waals surface area contributed by atoms with Crippen molar-refractivity contribution in [3.8, 4) is 0 Å². The molecule has 1 saturated heterocycles. The fraction of sp³-hybridized carbons (Fsp3) is 0.571. The van der Waals surface area contributed by atoms with E-state index in [1.54, 1.807) is 6.20 Å². The third-order valence-corrected chi connectivity index (χ3v) is 4.30. The third kappa shape index (κ3) is 3.62. The van der Waals surface area contributed by atoms with E-state index < -0.39 is 0 Å². The molecular weight excluding hydrogens is 258 g/mol. The molecule has 1 N–H and O–H groups in total. The minimum Gasteiger partial charge on any atom is -0.370 e. The van der Waals surface area contributed by atoms with Crippen LogP contribution in [0.5, 0.6) is 0 Å². The van der Waals surface area contributed by atoms with Crippen molar-refractivity contribution in [1.29, 1.82) is 0 Å². The quantitative estimate of drug-likeness (QED) is 0.923. The SMILES string of the molecule is CCNc1ccc(C(=O)N2CC(C)SC(C)C2)cn1. The Morgan fingerprint density at radius 1 is 1.42 bits per heavy atom. The van der Waals surface area contributed by atoms with Crippen LogP contribution in [0, 0.1) is 0 Å². The molecule has 0 spiro atoms. The summed E-state index contributed by atoms with van der Waals surface area (Å²) < 4.78 is 0. The Labute approximate surface area is 119 Å². The Morgan fingerprint density at radius 2 is 2.11 bits per heavy atom. The fourth-order valence-corrected chi connectivity index (χ4v) is 3.66. The number of nitrogens with zero attached hydrogens (tertiary/aromatic N) is 2. The van der Waals surface area contributed by atoms with Crippen LogP contribution in [0.2, 0.25) is 0 Å². The molecule has 1 amide bonds. The number of carbonyl (C=O) groups is 1. The first-order valence-electron chi connectivity index (χ1n) is 6.74. The smallest absolute Gasteiger partial charge is 0.255 e. The van der Waals surface area contributed by atoms with Crippen molar-refractivity contribution in [3.63, 3.8) is 0 Å². The molecule has 2 heterocycles. The van der Waals surface area contributed by atoms with Gasteiger partial charge in [-0.1, -0.05) is 13.8 Å². The number of hydrogen-bond acceptors (Lipinski definition) is 4. The third-order valence-electron chi connectivity index (χ3n) is 3.08. The van der Waals surface area contributed by atoms with Gasteiger partial charge < -0.3 is 10.2 Å². The van der Waals surface area contributed by atoms with Crippen LogP contribution in [0.15, 0.2) is 18.3 Å². The summed E-state index contributed by atoms with van der Waals surface area (Å²) in [5.74, 6) is 0.907. The summed E-state index contributed by atoms with van der Waals surface area (Å²) in [5.41, 5.74) is 0.674. The van der Waals surface area contributed by atoms with Crippen LogP contribution in [-0.4, -0.2) is 45.9 Å². The van der Waals surface area contributed by atoms with Gasteiger partial charge in [-0.25, -0.2) is 4.98 Å². The molecule has 2 rings (SSSR count). The van der Waals surface area contributed by atoms with E-state index >= 15 is 0 Å². The Hall–Kier alpha value is -1.23. The molecule has 1 fully saturated rings. The minimum absolute atomic E-state index is 0.0922. The van der Waals surface area contributed by atoms with Crippen molar-refractivity contribution in [2.24, 2.45) is 0 Å². The van der Waals surface area contributed by atoms with Gasteiger partial charge in [0.05, 0.1) is 5.56 Å². The molecule has 104 valence electrons. The van der Waals surface area contributed by atoms with Crippen LogP contribution in [0.1, 0.15) is 31.1 Å². The van der Waals surface area contributed by atoms with Gasteiger partial charge in [-0.3, -0.25) is 4.79 Å². The standard InChI is InChI=1S/C14H21N3OS/c1-4-15-13-6-5-12(7-16-13)14(18)17-8-10(2)19-11(3)9-17/h5-7,10-11H,4,8-9H2,1-3H3,(H,15,16). The van der Waals surface area contributed by atoms with E-state index in [9.17, 15) is 4.79 Å². The molecule has 2 atom stereocenters. The highest BCUT2D eigenvalue weighted by molar-refractivity contribution is 8.00. The van der Waals surface area contributed by atoms with Gasteiger partial charge >= 0.3 is 0 Å². The number of rotatable bonds is 3. The lowest BCUT2D eigenvalue weighted by atomic mass is 10.2. The predicted molar refractivity (Wildman–Crippen MR) is 80.8 cm³/mol. The topological polar surface area (TPSA) is 45.2 Å². The predicted octanol–water partition coefficient (Wildman–Crippen LogP) is 2.48. The van der Waals surface area contributed by atoms with Crippen LogP contribution in [0.3, 0.4) is 0 Å². The van der Waals surface area contributed by atoms with E-state index in [-0.39, 0.29) is 5.91 Å². The Kier molecular flexibility index (Phi) is 4.69. The van der Waals surface area contributed by atoms with E-state index in [0.717, 1.165) is 25.5 Å². The first kappa shape index (κ1) is 14.2. The summed E-state index contributed by atoms with van der Waals surface area (Å²) in [6, 6.07) is 3.71.